The van der Waals surface area contributed by atoms with E-state index in [1.807, 2.05) is 29.2 Å². The molecule has 8 rings (SSSR count). The first kappa shape index (κ1) is 43.5. The number of fused-ring (bicyclic) bond motifs is 2. The fourth-order valence-corrected chi connectivity index (χ4v) is 8.35. The molecule has 318 valence electrons. The fraction of sp³-hybridized carbons (Fsp3) is 0.605. The van der Waals surface area contributed by atoms with Gasteiger partial charge in [-0.15, -0.1) is 0 Å². The number of likely N-dealkylation sites (tertiary alicyclic amines) is 2. The van der Waals surface area contributed by atoms with E-state index in [1.165, 1.54) is 12.5 Å². The van der Waals surface area contributed by atoms with Gasteiger partial charge in [0, 0.05) is 123 Å². The molecule has 4 saturated heterocycles. The predicted octanol–water partition coefficient (Wildman–Crippen LogP) is 2.53. The standard InChI is InChI=1S/C31H38N6O4.C7H15NO2.C5H11NO/c1-3-29(39)35-12-14-36(15-13-35)30-26-9-11-37(28-19-23(38)18-22-6-4-5-7-25(22)28)21-27(26)32-31(33-30)41-17-16-34-10-8-24(20-34)40-2;1-10-7-2-3-8(6-7)4-5-9;1-7-5-2-3-6-4-5/h3-7,18-19,24,38H,1,8-17,20-21H2,2H3;7,9H,2-6H2,1H3;5-6H,2-4H2,1H3. The van der Waals surface area contributed by atoms with Crippen molar-refractivity contribution in [2.75, 3.05) is 129 Å². The van der Waals surface area contributed by atoms with Crippen molar-refractivity contribution < 1.29 is 34.0 Å². The lowest BCUT2D eigenvalue weighted by Gasteiger charge is -2.38. The maximum atomic E-state index is 12.2. The number of piperazine rings is 1. The van der Waals surface area contributed by atoms with Gasteiger partial charge in [0.15, 0.2) is 0 Å². The number of ether oxygens (including phenoxy) is 4. The third-order valence-corrected chi connectivity index (χ3v) is 11.8. The molecule has 3 N–H and O–H groups in total. The van der Waals surface area contributed by atoms with E-state index in [9.17, 15) is 9.90 Å². The SMILES string of the molecule is C=CC(=O)N1CCN(c2nc(OCCN3CCC(OC)C3)nc3c2CCN(c2cc(O)cc4ccccc24)C3)CC1.COC1CCN(CCO)C1.COC1CCNC1. The number of β-amino-alcohol motifs (C(OH)–C–C–N with tert-alkyl or cyclic N) is 1. The largest absolute Gasteiger partial charge is 0.508 e. The van der Waals surface area contributed by atoms with Crippen LogP contribution in [0.3, 0.4) is 0 Å². The van der Waals surface area contributed by atoms with Crippen LogP contribution in [0, 0.1) is 0 Å². The highest BCUT2D eigenvalue weighted by atomic mass is 16.5. The normalized spacial score (nSPS) is 22.3. The second-order valence-corrected chi connectivity index (χ2v) is 15.4. The number of aliphatic hydroxyl groups excluding tert-OH is 1. The van der Waals surface area contributed by atoms with Crippen molar-refractivity contribution in [2.45, 2.75) is 50.5 Å². The molecule has 5 aliphatic rings. The van der Waals surface area contributed by atoms with E-state index in [0.29, 0.717) is 57.5 Å². The van der Waals surface area contributed by atoms with Crippen molar-refractivity contribution in [3.8, 4) is 11.8 Å². The number of aromatic nitrogens is 2. The number of carbonyl (C=O) groups excluding carboxylic acids is 1. The van der Waals surface area contributed by atoms with E-state index in [2.05, 4.69) is 37.6 Å². The summed E-state index contributed by atoms with van der Waals surface area (Å²) in [7, 11) is 5.27. The second-order valence-electron chi connectivity index (χ2n) is 15.4. The highest BCUT2D eigenvalue weighted by Gasteiger charge is 2.30. The molecule has 0 spiro atoms. The smallest absolute Gasteiger partial charge is 0.318 e. The summed E-state index contributed by atoms with van der Waals surface area (Å²) in [5.74, 6) is 1.11. The molecule has 1 aromatic heterocycles. The summed E-state index contributed by atoms with van der Waals surface area (Å²) in [6.07, 6.45) is 6.64. The Morgan fingerprint density at radius 2 is 1.59 bits per heavy atom. The zero-order chi connectivity index (χ0) is 40.9. The Hall–Kier alpha value is -4.09. The molecule has 58 heavy (non-hydrogen) atoms. The molecule has 1 amide bonds. The molecule has 3 aromatic rings. The van der Waals surface area contributed by atoms with E-state index < -0.39 is 0 Å². The van der Waals surface area contributed by atoms with Crippen molar-refractivity contribution in [1.82, 2.24) is 30.0 Å². The van der Waals surface area contributed by atoms with Crippen LogP contribution in [0.25, 0.3) is 10.8 Å². The van der Waals surface area contributed by atoms with Crippen molar-refractivity contribution in [3.05, 3.63) is 60.3 Å². The zero-order valence-electron chi connectivity index (χ0n) is 34.7. The molecule has 0 saturated carbocycles. The van der Waals surface area contributed by atoms with Crippen LogP contribution >= 0.6 is 0 Å². The average Bonchev–Trinajstić information content (AvgIpc) is 4.07. The van der Waals surface area contributed by atoms with Gasteiger partial charge in [-0.1, -0.05) is 30.8 Å². The fourth-order valence-electron chi connectivity index (χ4n) is 8.35. The molecular weight excluding hydrogens is 741 g/mol. The highest BCUT2D eigenvalue weighted by molar-refractivity contribution is 5.95. The number of anilines is 2. The third-order valence-electron chi connectivity index (χ3n) is 11.8. The molecule has 2 aromatic carbocycles. The number of nitrogens with one attached hydrogen (secondary N) is 1. The van der Waals surface area contributed by atoms with Crippen LogP contribution < -0.4 is 19.9 Å². The molecule has 3 atom stereocenters. The molecule has 0 bridgehead atoms. The van der Waals surface area contributed by atoms with Gasteiger partial charge in [-0.05, 0) is 49.8 Å². The predicted molar refractivity (Wildman–Crippen MR) is 226 cm³/mol. The number of phenols is 1. The molecule has 4 fully saturated rings. The van der Waals surface area contributed by atoms with Crippen LogP contribution in [-0.2, 0) is 32.0 Å². The van der Waals surface area contributed by atoms with Gasteiger partial charge < -0.3 is 49.2 Å². The number of aromatic hydroxyl groups is 1. The lowest BCUT2D eigenvalue weighted by molar-refractivity contribution is -0.126. The molecule has 0 aliphatic carbocycles. The number of hydrogen-bond acceptors (Lipinski definition) is 14. The maximum Gasteiger partial charge on any atom is 0.318 e. The topological polar surface area (TPSA) is 148 Å². The summed E-state index contributed by atoms with van der Waals surface area (Å²) < 4.78 is 21.9. The molecule has 5 aliphatic heterocycles. The van der Waals surface area contributed by atoms with Crippen molar-refractivity contribution >= 4 is 28.2 Å². The number of amides is 1. The highest BCUT2D eigenvalue weighted by Crippen LogP contribution is 2.36. The minimum atomic E-state index is -0.0370. The van der Waals surface area contributed by atoms with Crippen LogP contribution in [0.5, 0.6) is 11.8 Å². The molecular formula is C43H64N8O7. The summed E-state index contributed by atoms with van der Waals surface area (Å²) in [6, 6.07) is 12.2. The quantitative estimate of drug-likeness (QED) is 0.231. The summed E-state index contributed by atoms with van der Waals surface area (Å²) in [4.78, 5) is 32.9. The second kappa shape index (κ2) is 21.8. The Morgan fingerprint density at radius 1 is 0.879 bits per heavy atom. The van der Waals surface area contributed by atoms with Crippen LogP contribution in [0.1, 0.15) is 30.5 Å². The Kier molecular flexibility index (Phi) is 16.3. The van der Waals surface area contributed by atoms with E-state index in [-0.39, 0.29) is 24.4 Å². The van der Waals surface area contributed by atoms with Gasteiger partial charge in [0.25, 0.3) is 0 Å². The van der Waals surface area contributed by atoms with E-state index >= 15 is 0 Å². The summed E-state index contributed by atoms with van der Waals surface area (Å²) >= 11 is 0. The number of phenolic OH excluding ortho intramolecular Hbond substituents is 1. The van der Waals surface area contributed by atoms with Gasteiger partial charge >= 0.3 is 6.01 Å². The van der Waals surface area contributed by atoms with Gasteiger partial charge in [0.05, 0.1) is 37.2 Å². The van der Waals surface area contributed by atoms with E-state index in [4.69, 9.17) is 34.0 Å². The van der Waals surface area contributed by atoms with E-state index in [1.54, 1.807) is 27.4 Å². The number of methoxy groups -OCH3 is 3. The number of benzene rings is 2. The number of nitrogens with zero attached hydrogens (tertiary/aromatic N) is 7. The molecule has 6 heterocycles. The average molecular weight is 805 g/mol. The number of rotatable bonds is 12. The van der Waals surface area contributed by atoms with Crippen LogP contribution in [0.2, 0.25) is 0 Å². The van der Waals surface area contributed by atoms with Crippen LogP contribution in [0.4, 0.5) is 11.5 Å². The van der Waals surface area contributed by atoms with Crippen molar-refractivity contribution in [2.24, 2.45) is 0 Å². The molecule has 3 unspecified atom stereocenters. The first-order chi connectivity index (χ1) is 28.3. The van der Waals surface area contributed by atoms with Gasteiger partial charge in [0.2, 0.25) is 5.91 Å². The number of hydrogen-bond donors (Lipinski definition) is 3. The van der Waals surface area contributed by atoms with Crippen molar-refractivity contribution in [3.63, 3.8) is 0 Å². The Balaban J connectivity index is 0.000000275. The third kappa shape index (κ3) is 11.6. The Labute approximate surface area is 343 Å². The zero-order valence-corrected chi connectivity index (χ0v) is 34.7. The first-order valence-electron chi connectivity index (χ1n) is 20.8. The summed E-state index contributed by atoms with van der Waals surface area (Å²) in [5.41, 5.74) is 3.06. The van der Waals surface area contributed by atoms with Gasteiger partial charge in [-0.25, -0.2) is 0 Å². The summed E-state index contributed by atoms with van der Waals surface area (Å²) in [5, 5.41) is 24.4. The van der Waals surface area contributed by atoms with Gasteiger partial charge in [0.1, 0.15) is 18.2 Å². The molecule has 15 heteroatoms. The first-order valence-corrected chi connectivity index (χ1v) is 20.8. The minimum Gasteiger partial charge on any atom is -0.508 e. The molecule has 15 nitrogen and oxygen atoms in total. The Morgan fingerprint density at radius 3 is 2.21 bits per heavy atom. The van der Waals surface area contributed by atoms with Gasteiger partial charge in [-0.2, -0.15) is 9.97 Å². The molecule has 0 radical (unpaired) electrons. The number of aliphatic hydroxyl groups is 1. The summed E-state index contributed by atoms with van der Waals surface area (Å²) in [6.45, 7) is 16.1. The maximum absolute atomic E-state index is 12.2. The number of carbonyl (C=O) groups is 1. The monoisotopic (exact) mass is 804 g/mol. The van der Waals surface area contributed by atoms with Crippen LogP contribution in [-0.4, -0.2) is 179 Å². The van der Waals surface area contributed by atoms with Crippen LogP contribution in [0.15, 0.2) is 49.1 Å². The lowest BCUT2D eigenvalue weighted by Crippen LogP contribution is -2.49. The minimum absolute atomic E-state index is 0.0370. The Bertz CT molecular complexity index is 1770. The lowest BCUT2D eigenvalue weighted by atomic mass is 10.0. The van der Waals surface area contributed by atoms with Gasteiger partial charge in [-0.3, -0.25) is 14.6 Å². The van der Waals surface area contributed by atoms with E-state index in [0.717, 1.165) is 112 Å². The van der Waals surface area contributed by atoms with Crippen molar-refractivity contribution in [1.29, 1.82) is 0 Å².